The predicted octanol–water partition coefficient (Wildman–Crippen LogP) is 4.06. The van der Waals surface area contributed by atoms with Crippen LogP contribution in [0.4, 0.5) is 5.69 Å². The SMILES string of the molecule is Cc1ccc(Sc2cc3c(cc2Cl)C(N)C(=O)N3)cc1C. The first-order valence-electron chi connectivity index (χ1n) is 6.60. The maximum absolute atomic E-state index is 11.6. The van der Waals surface area contributed by atoms with E-state index in [4.69, 9.17) is 17.3 Å². The van der Waals surface area contributed by atoms with Crippen LogP contribution >= 0.6 is 23.4 Å². The molecule has 21 heavy (non-hydrogen) atoms. The van der Waals surface area contributed by atoms with Crippen LogP contribution in [0.2, 0.25) is 5.02 Å². The van der Waals surface area contributed by atoms with Crippen molar-refractivity contribution < 1.29 is 4.79 Å². The van der Waals surface area contributed by atoms with Crippen molar-refractivity contribution in [2.24, 2.45) is 5.73 Å². The first-order valence-corrected chi connectivity index (χ1v) is 7.80. The normalized spacial score (nSPS) is 16.8. The van der Waals surface area contributed by atoms with Crippen molar-refractivity contribution in [3.63, 3.8) is 0 Å². The van der Waals surface area contributed by atoms with Crippen LogP contribution in [0, 0.1) is 13.8 Å². The summed E-state index contributed by atoms with van der Waals surface area (Å²) in [6.07, 6.45) is 0. The standard InChI is InChI=1S/C16H15ClN2OS/c1-8-3-4-10(5-9(8)2)21-14-7-13-11(6-12(14)17)15(18)16(20)19-13/h3-7,15H,18H2,1-2H3,(H,19,20). The highest BCUT2D eigenvalue weighted by atomic mass is 35.5. The van der Waals surface area contributed by atoms with Crippen LogP contribution in [0.1, 0.15) is 22.7 Å². The highest BCUT2D eigenvalue weighted by Crippen LogP contribution is 2.40. The number of fused-ring (bicyclic) bond motifs is 1. The molecule has 0 saturated heterocycles. The second-order valence-corrected chi connectivity index (χ2v) is 6.71. The molecule has 1 aliphatic heterocycles. The van der Waals surface area contributed by atoms with Crippen LogP contribution in [0.3, 0.4) is 0 Å². The van der Waals surface area contributed by atoms with Gasteiger partial charge in [0.25, 0.3) is 0 Å². The fourth-order valence-corrected chi connectivity index (χ4v) is 3.52. The number of nitrogens with one attached hydrogen (secondary N) is 1. The lowest BCUT2D eigenvalue weighted by atomic mass is 10.1. The fourth-order valence-electron chi connectivity index (χ4n) is 2.27. The molecule has 1 unspecified atom stereocenters. The van der Waals surface area contributed by atoms with Gasteiger partial charge in [-0.3, -0.25) is 4.79 Å². The number of benzene rings is 2. The molecule has 0 bridgehead atoms. The van der Waals surface area contributed by atoms with Crippen molar-refractivity contribution in [3.05, 3.63) is 52.0 Å². The molecule has 0 saturated carbocycles. The van der Waals surface area contributed by atoms with E-state index in [-0.39, 0.29) is 5.91 Å². The smallest absolute Gasteiger partial charge is 0.245 e. The Labute approximate surface area is 132 Å². The predicted molar refractivity (Wildman–Crippen MR) is 87.0 cm³/mol. The summed E-state index contributed by atoms with van der Waals surface area (Å²) < 4.78 is 0. The Morgan fingerprint density at radius 1 is 1.19 bits per heavy atom. The number of halogens is 1. The summed E-state index contributed by atoms with van der Waals surface area (Å²) in [6.45, 7) is 4.17. The first kappa shape index (κ1) is 14.4. The van der Waals surface area contributed by atoms with E-state index in [2.05, 4.69) is 37.4 Å². The third-order valence-electron chi connectivity index (χ3n) is 3.69. The van der Waals surface area contributed by atoms with E-state index in [1.807, 2.05) is 6.07 Å². The summed E-state index contributed by atoms with van der Waals surface area (Å²) >= 11 is 7.91. The number of carbonyl (C=O) groups excluding carboxylic acids is 1. The van der Waals surface area contributed by atoms with E-state index >= 15 is 0 Å². The zero-order chi connectivity index (χ0) is 15.1. The van der Waals surface area contributed by atoms with Crippen LogP contribution in [0.15, 0.2) is 40.1 Å². The Hall–Kier alpha value is -1.49. The molecule has 2 aromatic carbocycles. The lowest BCUT2D eigenvalue weighted by Crippen LogP contribution is -2.19. The average molecular weight is 319 g/mol. The van der Waals surface area contributed by atoms with Crippen LogP contribution in [0.25, 0.3) is 0 Å². The highest BCUT2D eigenvalue weighted by molar-refractivity contribution is 7.99. The van der Waals surface area contributed by atoms with E-state index in [1.54, 1.807) is 17.8 Å². The molecule has 3 rings (SSSR count). The molecule has 3 nitrogen and oxygen atoms in total. The van der Waals surface area contributed by atoms with Gasteiger partial charge in [0.15, 0.2) is 0 Å². The second-order valence-electron chi connectivity index (χ2n) is 5.18. The lowest BCUT2D eigenvalue weighted by Gasteiger charge is -2.09. The van der Waals surface area contributed by atoms with Gasteiger partial charge in [-0.2, -0.15) is 0 Å². The largest absolute Gasteiger partial charge is 0.324 e. The monoisotopic (exact) mass is 318 g/mol. The van der Waals surface area contributed by atoms with Crippen molar-refractivity contribution in [1.82, 2.24) is 0 Å². The third-order valence-corrected chi connectivity index (χ3v) is 5.16. The number of anilines is 1. The minimum atomic E-state index is -0.627. The van der Waals surface area contributed by atoms with Crippen molar-refractivity contribution in [1.29, 1.82) is 0 Å². The molecule has 1 heterocycles. The Morgan fingerprint density at radius 3 is 2.67 bits per heavy atom. The van der Waals surface area contributed by atoms with Gasteiger partial charge in [-0.05, 0) is 49.2 Å². The van der Waals surface area contributed by atoms with Crippen LogP contribution < -0.4 is 11.1 Å². The van der Waals surface area contributed by atoms with E-state index in [0.29, 0.717) is 5.02 Å². The molecule has 1 aliphatic rings. The van der Waals surface area contributed by atoms with Gasteiger partial charge in [-0.25, -0.2) is 0 Å². The molecule has 108 valence electrons. The Kier molecular flexibility index (Phi) is 3.69. The molecule has 0 aliphatic carbocycles. The minimum absolute atomic E-state index is 0.186. The second kappa shape index (κ2) is 5.37. The summed E-state index contributed by atoms with van der Waals surface area (Å²) in [7, 11) is 0. The fraction of sp³-hybridized carbons (Fsp3) is 0.188. The van der Waals surface area contributed by atoms with Crippen molar-refractivity contribution >= 4 is 35.0 Å². The number of carbonyl (C=O) groups is 1. The van der Waals surface area contributed by atoms with E-state index in [9.17, 15) is 4.79 Å². The maximum Gasteiger partial charge on any atom is 0.245 e. The molecule has 1 amide bonds. The average Bonchev–Trinajstić information content (AvgIpc) is 2.70. The van der Waals surface area contributed by atoms with Crippen LogP contribution in [-0.4, -0.2) is 5.91 Å². The van der Waals surface area contributed by atoms with Crippen molar-refractivity contribution in [3.8, 4) is 0 Å². The molecule has 0 spiro atoms. The molecule has 0 aromatic heterocycles. The van der Waals surface area contributed by atoms with E-state index in [1.165, 1.54) is 11.1 Å². The number of amides is 1. The minimum Gasteiger partial charge on any atom is -0.324 e. The lowest BCUT2D eigenvalue weighted by molar-refractivity contribution is -0.116. The summed E-state index contributed by atoms with van der Waals surface area (Å²) in [5, 5.41) is 3.40. The van der Waals surface area contributed by atoms with Gasteiger partial charge in [-0.15, -0.1) is 0 Å². The number of nitrogens with two attached hydrogens (primary N) is 1. The van der Waals surface area contributed by atoms with E-state index in [0.717, 1.165) is 21.0 Å². The third kappa shape index (κ3) is 2.67. The number of aryl methyl sites for hydroxylation is 2. The Bertz CT molecular complexity index is 745. The molecule has 1 atom stereocenters. The molecule has 0 radical (unpaired) electrons. The molecule has 0 fully saturated rings. The Balaban J connectivity index is 1.95. The molecule has 5 heteroatoms. The van der Waals surface area contributed by atoms with Gasteiger partial charge in [-0.1, -0.05) is 29.4 Å². The number of hydrogen-bond donors (Lipinski definition) is 2. The summed E-state index contributed by atoms with van der Waals surface area (Å²) in [5.41, 5.74) is 9.84. The Morgan fingerprint density at radius 2 is 1.95 bits per heavy atom. The molecular weight excluding hydrogens is 304 g/mol. The number of hydrogen-bond acceptors (Lipinski definition) is 3. The summed E-state index contributed by atoms with van der Waals surface area (Å²) in [5.74, 6) is -0.186. The van der Waals surface area contributed by atoms with Crippen LogP contribution in [-0.2, 0) is 4.79 Å². The van der Waals surface area contributed by atoms with Gasteiger partial charge in [0.05, 0.1) is 5.02 Å². The van der Waals surface area contributed by atoms with Gasteiger partial charge in [0.2, 0.25) is 5.91 Å². The summed E-state index contributed by atoms with van der Waals surface area (Å²) in [4.78, 5) is 13.6. The number of rotatable bonds is 2. The zero-order valence-electron chi connectivity index (χ0n) is 11.7. The van der Waals surface area contributed by atoms with E-state index < -0.39 is 6.04 Å². The van der Waals surface area contributed by atoms with Crippen LogP contribution in [0.5, 0.6) is 0 Å². The van der Waals surface area contributed by atoms with Gasteiger partial charge >= 0.3 is 0 Å². The quantitative estimate of drug-likeness (QED) is 0.878. The summed E-state index contributed by atoms with van der Waals surface area (Å²) in [6, 6.07) is 9.34. The first-order chi connectivity index (χ1) is 9.95. The molecule has 2 aromatic rings. The van der Waals surface area contributed by atoms with Gasteiger partial charge in [0, 0.05) is 21.0 Å². The van der Waals surface area contributed by atoms with Gasteiger partial charge < -0.3 is 11.1 Å². The van der Waals surface area contributed by atoms with Crippen molar-refractivity contribution in [2.45, 2.75) is 29.7 Å². The molecular formula is C16H15ClN2OS. The van der Waals surface area contributed by atoms with Crippen molar-refractivity contribution in [2.75, 3.05) is 5.32 Å². The van der Waals surface area contributed by atoms with Gasteiger partial charge in [0.1, 0.15) is 6.04 Å². The maximum atomic E-state index is 11.6. The topological polar surface area (TPSA) is 55.1 Å². The zero-order valence-corrected chi connectivity index (χ0v) is 13.3. The molecule has 3 N–H and O–H groups in total. The highest BCUT2D eigenvalue weighted by Gasteiger charge is 2.28.